The van der Waals surface area contributed by atoms with E-state index in [1.807, 2.05) is 4.90 Å². The summed E-state index contributed by atoms with van der Waals surface area (Å²) in [6, 6.07) is 1.48. The van der Waals surface area contributed by atoms with Crippen LogP contribution >= 0.6 is 15.9 Å². The Hall–Kier alpha value is -0.680. The van der Waals surface area contributed by atoms with Gasteiger partial charge in [0.15, 0.2) is 11.6 Å². The molecule has 3 nitrogen and oxygen atoms in total. The first kappa shape index (κ1) is 13.7. The summed E-state index contributed by atoms with van der Waals surface area (Å²) in [5, 5.41) is 0. The largest absolute Gasteiger partial charge is 0.352 e. The van der Waals surface area contributed by atoms with Crippen molar-refractivity contribution in [3.05, 3.63) is 22.6 Å². The zero-order valence-corrected chi connectivity index (χ0v) is 12.5. The molecule has 5 heteroatoms. The molecule has 0 atom stereocenters. The third kappa shape index (κ3) is 3.42. The number of rotatable bonds is 3. The van der Waals surface area contributed by atoms with Crippen LogP contribution in [-0.2, 0) is 0 Å². The minimum atomic E-state index is -0.248. The topological polar surface area (TPSA) is 19.4 Å². The molecule has 1 aromatic rings. The molecule has 1 saturated heterocycles. The minimum absolute atomic E-state index is 0.248. The highest BCUT2D eigenvalue weighted by molar-refractivity contribution is 9.10. The smallest absolute Gasteiger partial charge is 0.166 e. The van der Waals surface area contributed by atoms with Crippen molar-refractivity contribution in [3.8, 4) is 0 Å². The number of hydrogen-bond donors (Lipinski definition) is 0. The number of nitrogens with zero attached hydrogens (tertiary/aromatic N) is 3. The third-order valence-electron chi connectivity index (χ3n) is 3.08. The van der Waals surface area contributed by atoms with Crippen LogP contribution in [0.5, 0.6) is 0 Å². The van der Waals surface area contributed by atoms with E-state index in [2.05, 4.69) is 39.7 Å². The maximum Gasteiger partial charge on any atom is 0.166 e. The van der Waals surface area contributed by atoms with Crippen LogP contribution in [0.15, 0.2) is 16.7 Å². The molecule has 0 unspecified atom stereocenters. The Labute approximate surface area is 116 Å². The predicted molar refractivity (Wildman–Crippen MR) is 75.4 cm³/mol. The molecule has 0 aromatic carbocycles. The highest BCUT2D eigenvalue weighted by Crippen LogP contribution is 2.21. The van der Waals surface area contributed by atoms with Gasteiger partial charge in [0, 0.05) is 43.4 Å². The van der Waals surface area contributed by atoms with Gasteiger partial charge in [0.05, 0.1) is 0 Å². The van der Waals surface area contributed by atoms with E-state index in [1.165, 1.54) is 6.07 Å². The van der Waals surface area contributed by atoms with Crippen molar-refractivity contribution in [1.29, 1.82) is 0 Å². The fourth-order valence-corrected chi connectivity index (χ4v) is 2.60. The zero-order valence-electron chi connectivity index (χ0n) is 10.9. The summed E-state index contributed by atoms with van der Waals surface area (Å²) in [4.78, 5) is 8.63. The van der Waals surface area contributed by atoms with Gasteiger partial charge in [-0.15, -0.1) is 0 Å². The quantitative estimate of drug-likeness (QED) is 0.855. The van der Waals surface area contributed by atoms with Crippen LogP contribution in [0.3, 0.4) is 0 Å². The molecule has 100 valence electrons. The van der Waals surface area contributed by atoms with Gasteiger partial charge in [0.1, 0.15) is 0 Å². The molecule has 0 N–H and O–H groups in total. The molecular formula is C13H19BrFN3. The molecule has 2 heterocycles. The zero-order chi connectivity index (χ0) is 13.1. The Morgan fingerprint density at radius 1 is 1.33 bits per heavy atom. The first-order valence-electron chi connectivity index (χ1n) is 6.34. The number of halogens is 2. The van der Waals surface area contributed by atoms with Crippen LogP contribution in [0.4, 0.5) is 10.2 Å². The SMILES string of the molecule is CC(C)CN1CCN(c2ncc(Br)cc2F)CC1. The molecule has 1 aliphatic heterocycles. The Morgan fingerprint density at radius 3 is 2.56 bits per heavy atom. The van der Waals surface area contributed by atoms with Gasteiger partial charge in [-0.25, -0.2) is 9.37 Å². The minimum Gasteiger partial charge on any atom is -0.352 e. The average molecular weight is 316 g/mol. The lowest BCUT2D eigenvalue weighted by molar-refractivity contribution is 0.230. The van der Waals surface area contributed by atoms with Crippen molar-refractivity contribution in [1.82, 2.24) is 9.88 Å². The summed E-state index contributed by atoms with van der Waals surface area (Å²) in [5.74, 6) is 0.906. The summed E-state index contributed by atoms with van der Waals surface area (Å²) in [5.41, 5.74) is 0. The lowest BCUT2D eigenvalue weighted by Crippen LogP contribution is -2.48. The second kappa shape index (κ2) is 5.97. The predicted octanol–water partition coefficient (Wildman–Crippen LogP) is 2.76. The lowest BCUT2D eigenvalue weighted by Gasteiger charge is -2.36. The van der Waals surface area contributed by atoms with Gasteiger partial charge in [-0.05, 0) is 27.9 Å². The van der Waals surface area contributed by atoms with Crippen molar-refractivity contribution >= 4 is 21.7 Å². The third-order valence-corrected chi connectivity index (χ3v) is 3.52. The first-order chi connectivity index (χ1) is 8.56. The monoisotopic (exact) mass is 315 g/mol. The summed E-state index contributed by atoms with van der Waals surface area (Å²) in [6.07, 6.45) is 1.65. The molecule has 0 spiro atoms. The molecule has 0 amide bonds. The fourth-order valence-electron chi connectivity index (χ4n) is 2.30. The van der Waals surface area contributed by atoms with Gasteiger partial charge in [0.25, 0.3) is 0 Å². The molecule has 0 bridgehead atoms. The normalized spacial score (nSPS) is 17.5. The molecule has 2 rings (SSSR count). The van der Waals surface area contributed by atoms with E-state index in [-0.39, 0.29) is 5.82 Å². The Kier molecular flexibility index (Phi) is 4.56. The van der Waals surface area contributed by atoms with Crippen molar-refractivity contribution in [3.63, 3.8) is 0 Å². The van der Waals surface area contributed by atoms with Gasteiger partial charge in [-0.3, -0.25) is 4.90 Å². The summed E-state index contributed by atoms with van der Waals surface area (Å²) in [7, 11) is 0. The lowest BCUT2D eigenvalue weighted by atomic mass is 10.2. The van der Waals surface area contributed by atoms with Gasteiger partial charge in [-0.1, -0.05) is 13.8 Å². The molecule has 0 saturated carbocycles. The summed E-state index contributed by atoms with van der Waals surface area (Å²) < 4.78 is 14.5. The maximum atomic E-state index is 13.8. The van der Waals surface area contributed by atoms with Crippen LogP contribution < -0.4 is 4.90 Å². The molecule has 18 heavy (non-hydrogen) atoms. The second-order valence-electron chi connectivity index (χ2n) is 5.14. The number of pyridine rings is 1. The number of piperazine rings is 1. The molecule has 0 aliphatic carbocycles. The van der Waals surface area contributed by atoms with Gasteiger partial charge in [-0.2, -0.15) is 0 Å². The standard InChI is InChI=1S/C13H19BrFN3/c1-10(2)9-17-3-5-18(6-4-17)13-12(15)7-11(14)8-16-13/h7-8,10H,3-6,9H2,1-2H3. The first-order valence-corrected chi connectivity index (χ1v) is 7.14. The van der Waals surface area contributed by atoms with Gasteiger partial charge >= 0.3 is 0 Å². The molecule has 1 aromatic heterocycles. The van der Waals surface area contributed by atoms with E-state index >= 15 is 0 Å². The van der Waals surface area contributed by atoms with Crippen molar-refractivity contribution in [2.45, 2.75) is 13.8 Å². The van der Waals surface area contributed by atoms with Crippen molar-refractivity contribution < 1.29 is 4.39 Å². The molecule has 1 aliphatic rings. The van der Waals surface area contributed by atoms with Crippen molar-refractivity contribution in [2.75, 3.05) is 37.6 Å². The Bertz CT molecular complexity index is 403. The van der Waals surface area contributed by atoms with Crippen LogP contribution in [0.25, 0.3) is 0 Å². The van der Waals surface area contributed by atoms with Gasteiger partial charge < -0.3 is 4.90 Å². The van der Waals surface area contributed by atoms with E-state index in [9.17, 15) is 4.39 Å². The van der Waals surface area contributed by atoms with Crippen LogP contribution in [-0.4, -0.2) is 42.6 Å². The van der Waals surface area contributed by atoms with Crippen LogP contribution in [0, 0.1) is 11.7 Å². The maximum absolute atomic E-state index is 13.8. The van der Waals surface area contributed by atoms with E-state index in [4.69, 9.17) is 0 Å². The summed E-state index contributed by atoms with van der Waals surface area (Å²) >= 11 is 3.23. The highest BCUT2D eigenvalue weighted by atomic mass is 79.9. The number of aromatic nitrogens is 1. The number of hydrogen-bond acceptors (Lipinski definition) is 3. The Balaban J connectivity index is 1.97. The Morgan fingerprint density at radius 2 is 2.00 bits per heavy atom. The van der Waals surface area contributed by atoms with Crippen molar-refractivity contribution in [2.24, 2.45) is 5.92 Å². The second-order valence-corrected chi connectivity index (χ2v) is 6.06. The van der Waals surface area contributed by atoms with E-state index in [1.54, 1.807) is 6.20 Å². The summed E-state index contributed by atoms with van der Waals surface area (Å²) in [6.45, 7) is 9.22. The fraction of sp³-hybridized carbons (Fsp3) is 0.615. The van der Waals surface area contributed by atoms with E-state index in [0.717, 1.165) is 32.7 Å². The van der Waals surface area contributed by atoms with Crippen LogP contribution in [0.1, 0.15) is 13.8 Å². The molecular weight excluding hydrogens is 297 g/mol. The van der Waals surface area contributed by atoms with Crippen LogP contribution in [0.2, 0.25) is 0 Å². The molecule has 1 fully saturated rings. The van der Waals surface area contributed by atoms with Gasteiger partial charge in [0.2, 0.25) is 0 Å². The highest BCUT2D eigenvalue weighted by Gasteiger charge is 2.20. The average Bonchev–Trinajstić information content (AvgIpc) is 2.30. The number of anilines is 1. The van der Waals surface area contributed by atoms with E-state index in [0.29, 0.717) is 16.2 Å². The molecule has 0 radical (unpaired) electrons. The van der Waals surface area contributed by atoms with E-state index < -0.39 is 0 Å².